The van der Waals surface area contributed by atoms with Gasteiger partial charge in [-0.05, 0) is 60.7 Å². The van der Waals surface area contributed by atoms with Gasteiger partial charge in [0.1, 0.15) is 18.6 Å². The number of benzene rings is 4. The van der Waals surface area contributed by atoms with Gasteiger partial charge in [-0.3, -0.25) is 0 Å². The van der Waals surface area contributed by atoms with Crippen LogP contribution in [0.15, 0.2) is 85.1 Å². The van der Waals surface area contributed by atoms with Crippen molar-refractivity contribution >= 4 is 62.4 Å². The molecule has 0 fully saturated rings. The minimum atomic E-state index is -3.69. The third-order valence-electron chi connectivity index (χ3n) is 7.28. The van der Waals surface area contributed by atoms with Gasteiger partial charge < -0.3 is 34.2 Å². The van der Waals surface area contributed by atoms with Crippen LogP contribution in [0.25, 0.3) is 10.8 Å². The van der Waals surface area contributed by atoms with Crippen molar-refractivity contribution in [3.63, 3.8) is 0 Å². The van der Waals surface area contributed by atoms with E-state index in [1.54, 1.807) is 43.7 Å². The van der Waals surface area contributed by atoms with Gasteiger partial charge in [-0.1, -0.05) is 51.1 Å². The van der Waals surface area contributed by atoms with Crippen molar-refractivity contribution in [2.75, 3.05) is 42.6 Å². The summed E-state index contributed by atoms with van der Waals surface area (Å²) in [6, 6.07) is 22.1. The minimum Gasteiger partial charge on any atom is -0.494 e. The molecule has 0 bridgehead atoms. The molecule has 256 valence electrons. The smallest absolute Gasteiger partial charge is 0.323 e. The molecule has 1 aromatic heterocycles. The maximum absolute atomic E-state index is 13.4. The zero-order valence-electron chi connectivity index (χ0n) is 28.2. The molecule has 0 aliphatic heterocycles. The fourth-order valence-electron chi connectivity index (χ4n) is 5.00. The summed E-state index contributed by atoms with van der Waals surface area (Å²) in [5.41, 5.74) is 2.10. The number of urea groups is 1. The number of carbonyl (C=O) groups excluding carboxylic acids is 1. The largest absolute Gasteiger partial charge is 0.494 e. The molecule has 2 amide bonds. The molecule has 0 radical (unpaired) electrons. The van der Waals surface area contributed by atoms with Crippen molar-refractivity contribution in [3.8, 4) is 23.1 Å². The Bertz CT molecular complexity index is 2200. The van der Waals surface area contributed by atoms with Crippen LogP contribution in [0.1, 0.15) is 26.3 Å². The predicted molar refractivity (Wildman–Crippen MR) is 195 cm³/mol. The lowest BCUT2D eigenvalue weighted by molar-refractivity contribution is 0.262. The maximum atomic E-state index is 13.4. The number of fused-ring (bicyclic) bond motifs is 1. The third kappa shape index (κ3) is 8.87. The van der Waals surface area contributed by atoms with E-state index in [0.29, 0.717) is 44.6 Å². The number of ether oxygens (including phenoxy) is 2. The second-order valence-corrected chi connectivity index (χ2v) is 17.4. The molecule has 4 aromatic carbocycles. The van der Waals surface area contributed by atoms with Gasteiger partial charge in [-0.2, -0.15) is 13.4 Å². The average Bonchev–Trinajstić information content (AvgIpc) is 3.00. The number of carbonyl (C=O) groups is 1. The highest BCUT2D eigenvalue weighted by molar-refractivity contribution is 7.86. The van der Waals surface area contributed by atoms with Crippen molar-refractivity contribution in [2.24, 2.45) is 0 Å². The predicted octanol–water partition coefficient (Wildman–Crippen LogP) is 7.70. The van der Waals surface area contributed by atoms with Crippen LogP contribution in [0.2, 0.25) is 0 Å². The van der Waals surface area contributed by atoms with Gasteiger partial charge in [0, 0.05) is 34.8 Å². The monoisotopic (exact) mass is 703 g/mol. The highest BCUT2D eigenvalue weighted by Gasteiger charge is 2.26. The number of hydrogen-bond donors (Lipinski definition) is 3. The molecule has 3 N–H and O–H groups in total. The summed E-state index contributed by atoms with van der Waals surface area (Å²) >= 11 is 0. The van der Waals surface area contributed by atoms with Gasteiger partial charge in [-0.15, -0.1) is 0 Å². The van der Waals surface area contributed by atoms with Gasteiger partial charge in [0.05, 0.1) is 30.0 Å². The Morgan fingerprint density at radius 1 is 0.878 bits per heavy atom. The first-order valence-electron chi connectivity index (χ1n) is 15.2. The van der Waals surface area contributed by atoms with E-state index in [2.05, 4.69) is 25.9 Å². The summed E-state index contributed by atoms with van der Waals surface area (Å²) in [5.74, 6) is 1.45. The quantitative estimate of drug-likeness (QED) is 0.0972. The van der Waals surface area contributed by atoms with E-state index in [-0.39, 0.29) is 23.0 Å². The molecular formula is C35H38N5O7PS. The summed E-state index contributed by atoms with van der Waals surface area (Å²) in [4.78, 5) is 22.1. The second kappa shape index (κ2) is 13.8. The molecule has 0 saturated carbocycles. The Morgan fingerprint density at radius 2 is 1.59 bits per heavy atom. The summed E-state index contributed by atoms with van der Waals surface area (Å²) in [6.07, 6.45) is 2.49. The minimum absolute atomic E-state index is 0.142. The lowest BCUT2D eigenvalue weighted by Crippen LogP contribution is -2.23. The first-order valence-corrected chi connectivity index (χ1v) is 19.6. The SMILES string of the molecule is COc1c(NC(=O)Nc2ccc(Oc3ccnc(Nc4cccc(OS(C)(=O)=O)c4)n3)c3ccccc23)cc(C(C)(C)C)cc1P(C)(C)=O. The standard InChI is InChI=1S/C35H38N5O7PS/c1-35(2,3)22-19-28(32(45-4)30(20-22)48(5,6)42)39-34(41)38-27-15-16-29(26-14-9-8-13-25(26)27)46-31-17-18-36-33(40-31)37-23-11-10-12-24(21-23)47-49(7,43)44/h8-21H,1-7H3,(H,36,37,40)(H2,38,39,41). The number of aromatic nitrogens is 2. The first-order chi connectivity index (χ1) is 23.0. The molecule has 1 heterocycles. The van der Waals surface area contributed by atoms with E-state index in [4.69, 9.17) is 13.7 Å². The summed E-state index contributed by atoms with van der Waals surface area (Å²) in [6.45, 7) is 9.49. The normalized spacial score (nSPS) is 11.9. The molecular weight excluding hydrogens is 665 g/mol. The highest BCUT2D eigenvalue weighted by atomic mass is 32.2. The molecule has 0 atom stereocenters. The van der Waals surface area contributed by atoms with Crippen LogP contribution >= 0.6 is 7.14 Å². The molecule has 0 aliphatic carbocycles. The fourth-order valence-corrected chi connectivity index (χ4v) is 6.60. The zero-order valence-corrected chi connectivity index (χ0v) is 29.9. The van der Waals surface area contributed by atoms with Crippen molar-refractivity contribution in [2.45, 2.75) is 26.2 Å². The Hall–Kier alpha value is -5.13. The Labute approximate surface area is 285 Å². The molecule has 0 spiro atoms. The van der Waals surface area contributed by atoms with Crippen molar-refractivity contribution < 1.29 is 31.4 Å². The fraction of sp³-hybridized carbons (Fsp3) is 0.229. The van der Waals surface area contributed by atoms with Crippen molar-refractivity contribution in [1.29, 1.82) is 0 Å². The topological polar surface area (TPSA) is 158 Å². The Balaban J connectivity index is 1.38. The third-order valence-corrected chi connectivity index (χ3v) is 9.27. The van der Waals surface area contributed by atoms with Gasteiger partial charge in [0.25, 0.3) is 0 Å². The number of anilines is 4. The van der Waals surface area contributed by atoms with Gasteiger partial charge >= 0.3 is 16.1 Å². The van der Waals surface area contributed by atoms with E-state index in [1.165, 1.54) is 25.4 Å². The lowest BCUT2D eigenvalue weighted by atomic mass is 9.86. The molecule has 0 unspecified atom stereocenters. The van der Waals surface area contributed by atoms with Crippen LogP contribution in [0.3, 0.4) is 0 Å². The summed E-state index contributed by atoms with van der Waals surface area (Å²) < 4.78 is 53.0. The van der Waals surface area contributed by atoms with Gasteiger partial charge in [0.2, 0.25) is 11.8 Å². The van der Waals surface area contributed by atoms with Crippen molar-refractivity contribution in [1.82, 2.24) is 9.97 Å². The molecule has 12 nitrogen and oxygen atoms in total. The van der Waals surface area contributed by atoms with E-state index in [9.17, 15) is 17.8 Å². The van der Waals surface area contributed by atoms with Crippen LogP contribution in [0.4, 0.5) is 27.8 Å². The summed E-state index contributed by atoms with van der Waals surface area (Å²) in [7, 11) is -4.95. The van der Waals surface area contributed by atoms with E-state index < -0.39 is 23.3 Å². The zero-order chi connectivity index (χ0) is 35.6. The first kappa shape index (κ1) is 35.2. The Kier molecular flexibility index (Phi) is 9.89. The number of methoxy groups -OCH3 is 1. The highest BCUT2D eigenvalue weighted by Crippen LogP contribution is 2.43. The van der Waals surface area contributed by atoms with Crippen LogP contribution in [-0.2, 0) is 20.1 Å². The number of amides is 2. The van der Waals surface area contributed by atoms with Gasteiger partial charge in [-0.25, -0.2) is 9.78 Å². The Morgan fingerprint density at radius 3 is 2.27 bits per heavy atom. The molecule has 49 heavy (non-hydrogen) atoms. The molecule has 5 rings (SSSR count). The van der Waals surface area contributed by atoms with Crippen LogP contribution in [-0.4, -0.2) is 51.1 Å². The average molecular weight is 704 g/mol. The summed E-state index contributed by atoms with van der Waals surface area (Å²) in [5, 5.41) is 10.8. The van der Waals surface area contributed by atoms with Crippen LogP contribution in [0, 0.1) is 0 Å². The second-order valence-electron chi connectivity index (χ2n) is 12.7. The number of hydrogen-bond acceptors (Lipinski definition) is 10. The number of rotatable bonds is 10. The molecule has 0 saturated heterocycles. The van der Waals surface area contributed by atoms with Crippen LogP contribution in [0.5, 0.6) is 23.1 Å². The van der Waals surface area contributed by atoms with E-state index in [0.717, 1.165) is 11.8 Å². The maximum Gasteiger partial charge on any atom is 0.323 e. The van der Waals surface area contributed by atoms with Gasteiger partial charge in [0.15, 0.2) is 5.75 Å². The van der Waals surface area contributed by atoms with E-state index in [1.807, 2.05) is 57.2 Å². The van der Waals surface area contributed by atoms with E-state index >= 15 is 0 Å². The number of nitrogens with one attached hydrogen (secondary N) is 3. The number of nitrogens with zero attached hydrogens (tertiary/aromatic N) is 2. The molecule has 0 aliphatic rings. The lowest BCUT2D eigenvalue weighted by Gasteiger charge is -2.25. The molecule has 14 heteroatoms. The molecule has 5 aromatic rings. The van der Waals surface area contributed by atoms with Crippen molar-refractivity contribution in [3.05, 3.63) is 90.6 Å². The van der Waals surface area contributed by atoms with Crippen LogP contribution < -0.4 is 34.9 Å².